The van der Waals surface area contributed by atoms with E-state index in [1.165, 1.54) is 0 Å². The summed E-state index contributed by atoms with van der Waals surface area (Å²) in [6.45, 7) is 11.9. The molecule has 0 N–H and O–H groups in total. The summed E-state index contributed by atoms with van der Waals surface area (Å²) < 4.78 is 11.7. The molecule has 0 aromatic rings. The summed E-state index contributed by atoms with van der Waals surface area (Å²) in [5.41, 5.74) is -2.22. The van der Waals surface area contributed by atoms with E-state index in [2.05, 4.69) is 6.92 Å². The number of rotatable bonds is 0. The summed E-state index contributed by atoms with van der Waals surface area (Å²) in [6.07, 6.45) is 0. The third kappa shape index (κ3) is 0.591. The molecule has 3 heteroatoms. The van der Waals surface area contributed by atoms with Crippen LogP contribution < -0.4 is 0 Å². The summed E-state index contributed by atoms with van der Waals surface area (Å²) in [7, 11) is 0. The van der Waals surface area contributed by atoms with Crippen LogP contribution in [0.3, 0.4) is 0 Å². The smallest absolute Gasteiger partial charge is 0.176 e. The van der Waals surface area contributed by atoms with Crippen molar-refractivity contribution < 1.29 is 14.3 Å². The third-order valence-corrected chi connectivity index (χ3v) is 5.66. The second kappa shape index (κ2) is 1.80. The minimum absolute atomic E-state index is 0.176. The van der Waals surface area contributed by atoms with Crippen molar-refractivity contribution in [3.05, 3.63) is 0 Å². The lowest BCUT2D eigenvalue weighted by atomic mass is 9.57. The van der Waals surface area contributed by atoms with Gasteiger partial charge >= 0.3 is 0 Å². The Balaban J connectivity index is 2.21. The van der Waals surface area contributed by atoms with Crippen LogP contribution in [0.4, 0.5) is 0 Å². The van der Waals surface area contributed by atoms with Gasteiger partial charge in [-0.05, 0) is 41.5 Å². The molecule has 0 spiro atoms. The van der Waals surface area contributed by atoms with Crippen LogP contribution in [-0.2, 0) is 14.3 Å². The van der Waals surface area contributed by atoms with E-state index in [4.69, 9.17) is 9.47 Å². The molecule has 2 saturated heterocycles. The van der Waals surface area contributed by atoms with E-state index in [0.717, 1.165) is 0 Å². The molecule has 3 aliphatic rings. The Morgan fingerprint density at radius 3 is 1.87 bits per heavy atom. The number of hydrogen-bond acceptors (Lipinski definition) is 3. The topological polar surface area (TPSA) is 42.1 Å². The first-order valence-electron chi connectivity index (χ1n) is 5.52. The molecule has 15 heavy (non-hydrogen) atoms. The van der Waals surface area contributed by atoms with Crippen molar-refractivity contribution in [3.63, 3.8) is 0 Å². The van der Waals surface area contributed by atoms with E-state index in [0.29, 0.717) is 0 Å². The minimum atomic E-state index is -0.638. The summed E-state index contributed by atoms with van der Waals surface area (Å²) in [4.78, 5) is 12.4. The van der Waals surface area contributed by atoms with Gasteiger partial charge in [0.1, 0.15) is 16.8 Å². The lowest BCUT2D eigenvalue weighted by Crippen LogP contribution is -2.58. The molecule has 3 rings (SSSR count). The van der Waals surface area contributed by atoms with Gasteiger partial charge < -0.3 is 9.47 Å². The monoisotopic (exact) mass is 210 g/mol. The van der Waals surface area contributed by atoms with Crippen molar-refractivity contribution in [2.45, 2.75) is 63.9 Å². The molecule has 3 nitrogen and oxygen atoms in total. The highest BCUT2D eigenvalue weighted by molar-refractivity contribution is 6.00. The molecule has 0 unspecified atom stereocenters. The first kappa shape index (κ1) is 9.79. The van der Waals surface area contributed by atoms with Crippen molar-refractivity contribution in [2.24, 2.45) is 5.41 Å². The van der Waals surface area contributed by atoms with Crippen molar-refractivity contribution in [3.8, 4) is 0 Å². The van der Waals surface area contributed by atoms with E-state index in [-0.39, 0.29) is 17.0 Å². The van der Waals surface area contributed by atoms with E-state index in [9.17, 15) is 4.79 Å². The van der Waals surface area contributed by atoms with Gasteiger partial charge in [-0.25, -0.2) is 0 Å². The maximum atomic E-state index is 12.4. The molecular weight excluding hydrogens is 192 g/mol. The maximum absolute atomic E-state index is 12.4. The average molecular weight is 210 g/mol. The fraction of sp³-hybridized carbons (Fsp3) is 0.917. The van der Waals surface area contributed by atoms with Gasteiger partial charge in [0.05, 0.1) is 5.41 Å². The highest BCUT2D eigenvalue weighted by Gasteiger charge is 2.95. The lowest BCUT2D eigenvalue weighted by molar-refractivity contribution is -0.135. The Morgan fingerprint density at radius 2 is 1.33 bits per heavy atom. The zero-order valence-electron chi connectivity index (χ0n) is 10.2. The zero-order chi connectivity index (χ0) is 11.5. The number of hydrogen-bond donors (Lipinski definition) is 0. The summed E-state index contributed by atoms with van der Waals surface area (Å²) in [5.74, 6) is 0.176. The fourth-order valence-electron chi connectivity index (χ4n) is 3.67. The summed E-state index contributed by atoms with van der Waals surface area (Å²) in [6, 6.07) is 0. The van der Waals surface area contributed by atoms with Gasteiger partial charge in [0, 0.05) is 0 Å². The summed E-state index contributed by atoms with van der Waals surface area (Å²) >= 11 is 0. The van der Waals surface area contributed by atoms with Gasteiger partial charge in [-0.1, -0.05) is 0 Å². The zero-order valence-corrected chi connectivity index (χ0v) is 10.2. The Morgan fingerprint density at radius 1 is 0.800 bits per heavy atom. The molecular formula is C12H18O3. The van der Waals surface area contributed by atoms with Crippen molar-refractivity contribution >= 4 is 5.78 Å². The van der Waals surface area contributed by atoms with Gasteiger partial charge in [0.25, 0.3) is 0 Å². The summed E-state index contributed by atoms with van der Waals surface area (Å²) in [5, 5.41) is 0. The average Bonchev–Trinajstić information content (AvgIpc) is 2.89. The lowest BCUT2D eigenvalue weighted by Gasteiger charge is -2.37. The van der Waals surface area contributed by atoms with Gasteiger partial charge in [0.2, 0.25) is 0 Å². The van der Waals surface area contributed by atoms with Crippen LogP contribution in [0.5, 0.6) is 0 Å². The van der Waals surface area contributed by atoms with E-state index in [1.54, 1.807) is 0 Å². The molecule has 1 aliphatic carbocycles. The molecule has 0 aromatic heterocycles. The molecule has 0 bridgehead atoms. The first-order valence-corrected chi connectivity index (χ1v) is 5.52. The molecule has 0 amide bonds. The standard InChI is InChI=1S/C12H18O3/c1-8(2)7(13)9(3)11(5,14-9)12(6)10(8,4)15-12/h1-6H3/t9-,10+,11-,12+/m0/s1. The van der Waals surface area contributed by atoms with Crippen molar-refractivity contribution in [1.82, 2.24) is 0 Å². The number of carbonyl (C=O) groups is 1. The van der Waals surface area contributed by atoms with E-state index >= 15 is 0 Å². The molecule has 1 saturated carbocycles. The number of ketones is 1. The number of Topliss-reactive ketones (excluding diaryl/α,β-unsaturated/α-hetero) is 1. The SMILES string of the molecule is CC1(C)C(=O)[C@]2(C)O[C@]2(C)[C@]2(C)O[C@]12C. The molecule has 0 radical (unpaired) electrons. The fourth-order valence-corrected chi connectivity index (χ4v) is 3.67. The number of ether oxygens (including phenoxy) is 2. The van der Waals surface area contributed by atoms with Gasteiger partial charge in [-0.2, -0.15) is 0 Å². The highest BCUT2D eigenvalue weighted by Crippen LogP contribution is 2.77. The Bertz CT molecular complexity index is 402. The van der Waals surface area contributed by atoms with Crippen LogP contribution in [0.2, 0.25) is 0 Å². The van der Waals surface area contributed by atoms with Crippen molar-refractivity contribution in [2.75, 3.05) is 0 Å². The third-order valence-electron chi connectivity index (χ3n) is 5.66. The minimum Gasteiger partial charge on any atom is -0.359 e. The number of carbonyl (C=O) groups excluding carboxylic acids is 1. The molecule has 2 heterocycles. The Hall–Kier alpha value is -0.410. The predicted molar refractivity (Wildman–Crippen MR) is 54.6 cm³/mol. The predicted octanol–water partition coefficient (Wildman–Crippen LogP) is 1.69. The van der Waals surface area contributed by atoms with Crippen LogP contribution in [0, 0.1) is 5.41 Å². The Labute approximate surface area is 90.1 Å². The molecule has 2 aliphatic heterocycles. The largest absolute Gasteiger partial charge is 0.359 e. The van der Waals surface area contributed by atoms with Gasteiger partial charge in [0.15, 0.2) is 11.4 Å². The van der Waals surface area contributed by atoms with Crippen molar-refractivity contribution in [1.29, 1.82) is 0 Å². The second-order valence-corrected chi connectivity index (χ2v) is 6.29. The van der Waals surface area contributed by atoms with Crippen LogP contribution in [-0.4, -0.2) is 28.2 Å². The number of fused-ring (bicyclic) bond motifs is 3. The highest BCUT2D eigenvalue weighted by atomic mass is 16.7. The van der Waals surface area contributed by atoms with Crippen LogP contribution >= 0.6 is 0 Å². The van der Waals surface area contributed by atoms with Gasteiger partial charge in [-0.3, -0.25) is 4.79 Å². The van der Waals surface area contributed by atoms with E-state index < -0.39 is 16.6 Å². The van der Waals surface area contributed by atoms with Crippen LogP contribution in [0.25, 0.3) is 0 Å². The Kier molecular flexibility index (Phi) is 1.18. The van der Waals surface area contributed by atoms with Crippen LogP contribution in [0.1, 0.15) is 41.5 Å². The van der Waals surface area contributed by atoms with Gasteiger partial charge in [-0.15, -0.1) is 0 Å². The maximum Gasteiger partial charge on any atom is 0.176 e. The quantitative estimate of drug-likeness (QED) is 0.571. The first-order chi connectivity index (χ1) is 6.57. The normalized spacial score (nSPS) is 64.5. The molecule has 4 atom stereocenters. The molecule has 0 aromatic carbocycles. The molecule has 84 valence electrons. The second-order valence-electron chi connectivity index (χ2n) is 6.29. The van der Waals surface area contributed by atoms with E-state index in [1.807, 2.05) is 34.6 Å². The number of epoxide rings is 2. The molecule has 3 fully saturated rings. The van der Waals surface area contributed by atoms with Crippen LogP contribution in [0.15, 0.2) is 0 Å².